The van der Waals surface area contributed by atoms with Crippen LogP contribution in [-0.4, -0.2) is 23.0 Å². The van der Waals surface area contributed by atoms with Gasteiger partial charge in [-0.3, -0.25) is 0 Å². The standard InChI is InChI=1S/C25H17FN2O2/c1-30-25(29)17-9-12-21-19(13-17)23-22(16-5-3-2-4-6-16)20(14-27-24(23)28-21)15-7-10-18(26)11-8-15/h2-14H,1H3,(H,27,28). The number of hydrogen-bond acceptors (Lipinski definition) is 3. The Labute approximate surface area is 172 Å². The van der Waals surface area contributed by atoms with Crippen molar-refractivity contribution in [2.24, 2.45) is 0 Å². The number of halogens is 1. The summed E-state index contributed by atoms with van der Waals surface area (Å²) in [7, 11) is 1.37. The van der Waals surface area contributed by atoms with E-state index in [1.54, 1.807) is 24.4 Å². The molecule has 4 nitrogen and oxygen atoms in total. The highest BCUT2D eigenvalue weighted by Gasteiger charge is 2.18. The van der Waals surface area contributed by atoms with Gasteiger partial charge in [-0.2, -0.15) is 0 Å². The third-order valence-corrected chi connectivity index (χ3v) is 5.26. The molecule has 0 fully saturated rings. The number of ether oxygens (including phenoxy) is 1. The summed E-state index contributed by atoms with van der Waals surface area (Å²) < 4.78 is 18.4. The minimum absolute atomic E-state index is 0.288. The third-order valence-electron chi connectivity index (χ3n) is 5.26. The number of nitrogens with one attached hydrogen (secondary N) is 1. The Morgan fingerprint density at radius 1 is 0.967 bits per heavy atom. The number of esters is 1. The second kappa shape index (κ2) is 7.12. The first-order chi connectivity index (χ1) is 14.7. The van der Waals surface area contributed by atoms with Gasteiger partial charge in [0.1, 0.15) is 11.5 Å². The lowest BCUT2D eigenvalue weighted by molar-refractivity contribution is 0.0601. The van der Waals surface area contributed by atoms with Crippen LogP contribution in [0.15, 0.2) is 79.0 Å². The molecular formula is C25H17FN2O2. The second-order valence-electron chi connectivity index (χ2n) is 7.02. The zero-order chi connectivity index (χ0) is 20.7. The monoisotopic (exact) mass is 396 g/mol. The fraction of sp³-hybridized carbons (Fsp3) is 0.0400. The lowest BCUT2D eigenvalue weighted by Gasteiger charge is -2.12. The number of pyridine rings is 1. The Morgan fingerprint density at radius 3 is 2.47 bits per heavy atom. The van der Waals surface area contributed by atoms with Crippen LogP contribution in [0.25, 0.3) is 44.2 Å². The van der Waals surface area contributed by atoms with Crippen molar-refractivity contribution in [1.82, 2.24) is 9.97 Å². The molecule has 146 valence electrons. The van der Waals surface area contributed by atoms with Crippen LogP contribution < -0.4 is 0 Å². The van der Waals surface area contributed by atoms with Gasteiger partial charge in [0.15, 0.2) is 0 Å². The van der Waals surface area contributed by atoms with E-state index in [9.17, 15) is 9.18 Å². The summed E-state index contributed by atoms with van der Waals surface area (Å²) in [4.78, 5) is 20.1. The van der Waals surface area contributed by atoms with Crippen LogP contribution in [0.1, 0.15) is 10.4 Å². The molecule has 2 aromatic heterocycles. The fourth-order valence-corrected chi connectivity index (χ4v) is 3.85. The maximum Gasteiger partial charge on any atom is 0.337 e. The molecule has 0 aliphatic rings. The zero-order valence-corrected chi connectivity index (χ0v) is 16.1. The van der Waals surface area contributed by atoms with Crippen molar-refractivity contribution in [2.75, 3.05) is 7.11 Å². The quantitative estimate of drug-likeness (QED) is 0.382. The van der Waals surface area contributed by atoms with Crippen molar-refractivity contribution >= 4 is 27.9 Å². The lowest BCUT2D eigenvalue weighted by atomic mass is 9.92. The molecule has 0 bridgehead atoms. The van der Waals surface area contributed by atoms with Crippen LogP contribution in [0.2, 0.25) is 0 Å². The number of carbonyl (C=O) groups excluding carboxylic acids is 1. The molecule has 0 unspecified atom stereocenters. The van der Waals surface area contributed by atoms with Crippen molar-refractivity contribution in [3.05, 3.63) is 90.4 Å². The number of nitrogens with zero attached hydrogens (tertiary/aromatic N) is 1. The lowest BCUT2D eigenvalue weighted by Crippen LogP contribution is -2.00. The molecule has 2 heterocycles. The Bertz CT molecular complexity index is 1390. The number of fused-ring (bicyclic) bond motifs is 3. The number of carbonyl (C=O) groups is 1. The highest BCUT2D eigenvalue weighted by molar-refractivity contribution is 6.17. The molecule has 0 atom stereocenters. The van der Waals surface area contributed by atoms with Gasteiger partial charge in [-0.05, 0) is 41.5 Å². The highest BCUT2D eigenvalue weighted by Crippen LogP contribution is 2.40. The summed E-state index contributed by atoms with van der Waals surface area (Å²) >= 11 is 0. The molecular weight excluding hydrogens is 379 g/mol. The SMILES string of the molecule is COC(=O)c1ccc2[nH]c3ncc(-c4ccc(F)cc4)c(-c4ccccc4)c3c2c1. The Morgan fingerprint density at radius 2 is 1.73 bits per heavy atom. The normalized spacial score (nSPS) is 11.1. The molecule has 0 radical (unpaired) electrons. The van der Waals surface area contributed by atoms with Crippen molar-refractivity contribution in [2.45, 2.75) is 0 Å². The van der Waals surface area contributed by atoms with Crippen LogP contribution in [-0.2, 0) is 4.74 Å². The van der Waals surface area contributed by atoms with E-state index in [1.165, 1.54) is 19.2 Å². The van der Waals surface area contributed by atoms with E-state index in [0.717, 1.165) is 44.2 Å². The molecule has 0 aliphatic carbocycles. The smallest absolute Gasteiger partial charge is 0.337 e. The largest absolute Gasteiger partial charge is 0.465 e. The summed E-state index contributed by atoms with van der Waals surface area (Å²) in [5, 5.41) is 1.78. The first-order valence-electron chi connectivity index (χ1n) is 9.50. The first-order valence-corrected chi connectivity index (χ1v) is 9.50. The summed E-state index contributed by atoms with van der Waals surface area (Å²) in [6.45, 7) is 0. The van der Waals surface area contributed by atoms with E-state index in [-0.39, 0.29) is 5.82 Å². The number of H-pyrrole nitrogens is 1. The molecule has 3 aromatic carbocycles. The van der Waals surface area contributed by atoms with Gasteiger partial charge in [0.25, 0.3) is 0 Å². The summed E-state index contributed by atoms with van der Waals surface area (Å²) in [5.41, 5.74) is 5.79. The van der Waals surface area contributed by atoms with E-state index in [4.69, 9.17) is 4.74 Å². The minimum atomic E-state index is -0.393. The summed E-state index contributed by atoms with van der Waals surface area (Å²) in [5.74, 6) is -0.681. The number of benzene rings is 3. The molecule has 0 aliphatic heterocycles. The van der Waals surface area contributed by atoms with Crippen molar-refractivity contribution < 1.29 is 13.9 Å². The predicted octanol–water partition coefficient (Wildman–Crippen LogP) is 5.98. The van der Waals surface area contributed by atoms with E-state index in [1.807, 2.05) is 42.5 Å². The van der Waals surface area contributed by atoms with Crippen molar-refractivity contribution in [3.8, 4) is 22.3 Å². The molecule has 30 heavy (non-hydrogen) atoms. The predicted molar refractivity (Wildman–Crippen MR) is 116 cm³/mol. The summed E-state index contributed by atoms with van der Waals surface area (Å²) in [6.07, 6.45) is 1.80. The molecule has 5 aromatic rings. The van der Waals surface area contributed by atoms with Crippen LogP contribution in [0, 0.1) is 5.82 Å². The van der Waals surface area contributed by atoms with Gasteiger partial charge in [0.2, 0.25) is 0 Å². The Balaban J connectivity index is 1.90. The molecule has 0 saturated carbocycles. The zero-order valence-electron chi connectivity index (χ0n) is 16.1. The van der Waals surface area contributed by atoms with E-state index in [0.29, 0.717) is 5.56 Å². The number of rotatable bonds is 3. The average molecular weight is 396 g/mol. The molecule has 1 N–H and O–H groups in total. The van der Waals surface area contributed by atoms with E-state index < -0.39 is 5.97 Å². The topological polar surface area (TPSA) is 55.0 Å². The van der Waals surface area contributed by atoms with E-state index >= 15 is 0 Å². The molecule has 0 amide bonds. The maximum absolute atomic E-state index is 13.5. The first kappa shape index (κ1) is 18.1. The van der Waals surface area contributed by atoms with Gasteiger partial charge >= 0.3 is 5.97 Å². The highest BCUT2D eigenvalue weighted by atomic mass is 19.1. The fourth-order valence-electron chi connectivity index (χ4n) is 3.85. The van der Waals surface area contributed by atoms with Crippen molar-refractivity contribution in [3.63, 3.8) is 0 Å². The minimum Gasteiger partial charge on any atom is -0.465 e. The van der Waals surface area contributed by atoms with Gasteiger partial charge in [0, 0.05) is 33.6 Å². The molecule has 5 heteroatoms. The Kier molecular flexibility index (Phi) is 4.29. The van der Waals surface area contributed by atoms with Gasteiger partial charge in [-0.25, -0.2) is 14.2 Å². The van der Waals surface area contributed by atoms with E-state index in [2.05, 4.69) is 9.97 Å². The number of hydrogen-bond donors (Lipinski definition) is 1. The maximum atomic E-state index is 13.5. The number of aromatic nitrogens is 2. The molecule has 5 rings (SSSR count). The third kappa shape index (κ3) is 2.92. The van der Waals surface area contributed by atoms with Gasteiger partial charge in [-0.1, -0.05) is 42.5 Å². The average Bonchev–Trinajstić information content (AvgIpc) is 3.17. The van der Waals surface area contributed by atoms with Gasteiger partial charge in [0.05, 0.1) is 12.7 Å². The number of aromatic amines is 1. The number of methoxy groups -OCH3 is 1. The van der Waals surface area contributed by atoms with Crippen LogP contribution >= 0.6 is 0 Å². The molecule has 0 spiro atoms. The van der Waals surface area contributed by atoms with Crippen LogP contribution in [0.3, 0.4) is 0 Å². The van der Waals surface area contributed by atoms with Crippen LogP contribution in [0.4, 0.5) is 4.39 Å². The molecule has 0 saturated heterocycles. The Hall–Kier alpha value is -3.99. The summed E-state index contributed by atoms with van der Waals surface area (Å²) in [6, 6.07) is 21.8. The van der Waals surface area contributed by atoms with Crippen LogP contribution in [0.5, 0.6) is 0 Å². The van der Waals surface area contributed by atoms with Gasteiger partial charge < -0.3 is 9.72 Å². The van der Waals surface area contributed by atoms with Crippen molar-refractivity contribution in [1.29, 1.82) is 0 Å². The second-order valence-corrected chi connectivity index (χ2v) is 7.02. The van der Waals surface area contributed by atoms with Gasteiger partial charge in [-0.15, -0.1) is 0 Å².